The molecule has 0 radical (unpaired) electrons. The highest BCUT2D eigenvalue weighted by molar-refractivity contribution is 6.32. The van der Waals surface area contributed by atoms with E-state index in [0.29, 0.717) is 17.8 Å². The lowest BCUT2D eigenvalue weighted by atomic mass is 10.1. The molecular formula is C13H16ClN3O2. The average Bonchev–Trinajstić information content (AvgIpc) is 2.73. The Bertz CT molecular complexity index is 582. The van der Waals surface area contributed by atoms with Crippen molar-refractivity contribution in [3.63, 3.8) is 0 Å². The van der Waals surface area contributed by atoms with Gasteiger partial charge in [0.15, 0.2) is 10.8 Å². The summed E-state index contributed by atoms with van der Waals surface area (Å²) in [4.78, 5) is 16.4. The number of fused-ring (bicyclic) bond motifs is 1. The minimum absolute atomic E-state index is 0.0413. The van der Waals surface area contributed by atoms with Crippen molar-refractivity contribution < 1.29 is 9.90 Å². The van der Waals surface area contributed by atoms with Gasteiger partial charge in [-0.1, -0.05) is 24.6 Å². The van der Waals surface area contributed by atoms with Crippen molar-refractivity contribution in [1.82, 2.24) is 14.7 Å². The van der Waals surface area contributed by atoms with Crippen molar-refractivity contribution in [1.29, 1.82) is 0 Å². The molecule has 102 valence electrons. The number of nitrogens with zero attached hydrogens (tertiary/aromatic N) is 2. The molecule has 0 aliphatic carbocycles. The first-order chi connectivity index (χ1) is 9.17. The molecule has 0 saturated carbocycles. The molecular weight excluding hydrogens is 266 g/mol. The fraction of sp³-hybridized carbons (Fsp3) is 0.385. The third-order valence-electron chi connectivity index (χ3n) is 3.01. The second-order valence-electron chi connectivity index (χ2n) is 4.27. The molecule has 2 aromatic heterocycles. The van der Waals surface area contributed by atoms with Crippen LogP contribution in [0.2, 0.25) is 5.15 Å². The van der Waals surface area contributed by atoms with Crippen molar-refractivity contribution in [3.05, 3.63) is 35.2 Å². The molecule has 0 spiro atoms. The molecule has 6 heteroatoms. The van der Waals surface area contributed by atoms with E-state index < -0.39 is 0 Å². The Morgan fingerprint density at radius 3 is 3.05 bits per heavy atom. The van der Waals surface area contributed by atoms with Crippen LogP contribution in [-0.4, -0.2) is 33.0 Å². The molecule has 0 aliphatic heterocycles. The van der Waals surface area contributed by atoms with Crippen LogP contribution in [0.15, 0.2) is 24.4 Å². The summed E-state index contributed by atoms with van der Waals surface area (Å²) in [5.74, 6) is -0.274. The Labute approximate surface area is 116 Å². The second kappa shape index (κ2) is 6.04. The van der Waals surface area contributed by atoms with E-state index in [-0.39, 0.29) is 23.7 Å². The summed E-state index contributed by atoms with van der Waals surface area (Å²) >= 11 is 6.02. The summed E-state index contributed by atoms with van der Waals surface area (Å²) in [6.07, 6.45) is 3.02. The van der Waals surface area contributed by atoms with E-state index >= 15 is 0 Å². The number of imidazole rings is 1. The smallest absolute Gasteiger partial charge is 0.271 e. The Balaban J connectivity index is 2.28. The standard InChI is InChI=1S/C13H16ClN3O2/c1-2-9(6-8-18)15-13(19)11-12(14)16-10-5-3-4-7-17(10)11/h3-5,7,9,18H,2,6,8H2,1H3,(H,15,19). The van der Waals surface area contributed by atoms with E-state index in [1.807, 2.05) is 19.1 Å². The molecule has 0 bridgehead atoms. The van der Waals surface area contributed by atoms with Crippen molar-refractivity contribution in [2.45, 2.75) is 25.8 Å². The lowest BCUT2D eigenvalue weighted by molar-refractivity contribution is 0.0923. The lowest BCUT2D eigenvalue weighted by Crippen LogP contribution is -2.35. The van der Waals surface area contributed by atoms with Gasteiger partial charge in [0.1, 0.15) is 5.65 Å². The van der Waals surface area contributed by atoms with Gasteiger partial charge in [-0.2, -0.15) is 0 Å². The summed E-state index contributed by atoms with van der Waals surface area (Å²) in [6.45, 7) is 2.00. The molecule has 0 fully saturated rings. The van der Waals surface area contributed by atoms with Crippen LogP contribution in [0.5, 0.6) is 0 Å². The van der Waals surface area contributed by atoms with E-state index in [1.165, 1.54) is 0 Å². The quantitative estimate of drug-likeness (QED) is 0.879. The van der Waals surface area contributed by atoms with Gasteiger partial charge in [0.05, 0.1) is 0 Å². The van der Waals surface area contributed by atoms with Crippen LogP contribution in [0, 0.1) is 0 Å². The highest BCUT2D eigenvalue weighted by Crippen LogP contribution is 2.17. The van der Waals surface area contributed by atoms with Crippen LogP contribution < -0.4 is 5.32 Å². The largest absolute Gasteiger partial charge is 0.396 e. The molecule has 0 aromatic carbocycles. The van der Waals surface area contributed by atoms with Gasteiger partial charge in [0, 0.05) is 18.8 Å². The molecule has 2 heterocycles. The SMILES string of the molecule is CCC(CCO)NC(=O)c1c(Cl)nc2ccccn12. The monoisotopic (exact) mass is 281 g/mol. The number of rotatable bonds is 5. The highest BCUT2D eigenvalue weighted by atomic mass is 35.5. The van der Waals surface area contributed by atoms with Crippen LogP contribution in [0.4, 0.5) is 0 Å². The van der Waals surface area contributed by atoms with Crippen molar-refractivity contribution in [3.8, 4) is 0 Å². The predicted molar refractivity (Wildman–Crippen MR) is 73.5 cm³/mol. The van der Waals surface area contributed by atoms with Crippen LogP contribution >= 0.6 is 11.6 Å². The number of amides is 1. The maximum atomic E-state index is 12.2. The molecule has 1 amide bonds. The third kappa shape index (κ3) is 2.88. The van der Waals surface area contributed by atoms with Crippen molar-refractivity contribution in [2.75, 3.05) is 6.61 Å². The van der Waals surface area contributed by atoms with Gasteiger partial charge in [0.25, 0.3) is 5.91 Å². The number of carbonyl (C=O) groups is 1. The summed E-state index contributed by atoms with van der Waals surface area (Å²) in [6, 6.07) is 5.37. The van der Waals surface area contributed by atoms with Gasteiger partial charge in [0.2, 0.25) is 0 Å². The van der Waals surface area contributed by atoms with E-state index in [1.54, 1.807) is 16.7 Å². The first-order valence-electron chi connectivity index (χ1n) is 6.21. The number of carbonyl (C=O) groups excluding carboxylic acids is 1. The average molecular weight is 282 g/mol. The summed E-state index contributed by atoms with van der Waals surface area (Å²) in [5.41, 5.74) is 0.960. The summed E-state index contributed by atoms with van der Waals surface area (Å²) < 4.78 is 1.66. The van der Waals surface area contributed by atoms with Crippen molar-refractivity contribution >= 4 is 23.2 Å². The Hall–Kier alpha value is -1.59. The van der Waals surface area contributed by atoms with Crippen LogP contribution in [0.1, 0.15) is 30.3 Å². The maximum absolute atomic E-state index is 12.2. The Morgan fingerprint density at radius 2 is 2.37 bits per heavy atom. The number of hydrogen-bond acceptors (Lipinski definition) is 3. The molecule has 0 saturated heterocycles. The molecule has 5 nitrogen and oxygen atoms in total. The Morgan fingerprint density at radius 1 is 1.58 bits per heavy atom. The normalized spacial score (nSPS) is 12.6. The second-order valence-corrected chi connectivity index (χ2v) is 4.63. The Kier molecular flexibility index (Phi) is 4.39. The van der Waals surface area contributed by atoms with Gasteiger partial charge < -0.3 is 10.4 Å². The minimum Gasteiger partial charge on any atom is -0.396 e. The number of hydrogen-bond donors (Lipinski definition) is 2. The van der Waals surface area contributed by atoms with E-state index in [2.05, 4.69) is 10.3 Å². The number of aliphatic hydroxyl groups is 1. The number of halogens is 1. The predicted octanol–water partition coefficient (Wildman–Crippen LogP) is 1.88. The van der Waals surface area contributed by atoms with Crippen molar-refractivity contribution in [2.24, 2.45) is 0 Å². The summed E-state index contributed by atoms with van der Waals surface area (Å²) in [5, 5.41) is 12.0. The van der Waals surface area contributed by atoms with Crippen LogP contribution in [-0.2, 0) is 0 Å². The molecule has 19 heavy (non-hydrogen) atoms. The number of aromatic nitrogens is 2. The lowest BCUT2D eigenvalue weighted by Gasteiger charge is -2.15. The first kappa shape index (κ1) is 13.8. The third-order valence-corrected chi connectivity index (χ3v) is 3.27. The van der Waals surface area contributed by atoms with Gasteiger partial charge in [-0.25, -0.2) is 4.98 Å². The van der Waals surface area contributed by atoms with Crippen LogP contribution in [0.25, 0.3) is 5.65 Å². The molecule has 1 atom stereocenters. The number of nitrogens with one attached hydrogen (secondary N) is 1. The van der Waals surface area contributed by atoms with E-state index in [9.17, 15) is 4.79 Å². The highest BCUT2D eigenvalue weighted by Gasteiger charge is 2.19. The fourth-order valence-electron chi connectivity index (χ4n) is 1.96. The molecule has 2 N–H and O–H groups in total. The fourth-order valence-corrected chi connectivity index (χ4v) is 2.22. The zero-order valence-corrected chi connectivity index (χ0v) is 11.4. The summed E-state index contributed by atoms with van der Waals surface area (Å²) in [7, 11) is 0. The minimum atomic E-state index is -0.274. The molecule has 1 unspecified atom stereocenters. The molecule has 0 aliphatic rings. The van der Waals surface area contributed by atoms with Gasteiger partial charge in [-0.3, -0.25) is 9.20 Å². The topological polar surface area (TPSA) is 66.6 Å². The first-order valence-corrected chi connectivity index (χ1v) is 6.59. The number of pyridine rings is 1. The number of aliphatic hydroxyl groups excluding tert-OH is 1. The van der Waals surface area contributed by atoms with E-state index in [0.717, 1.165) is 6.42 Å². The van der Waals surface area contributed by atoms with Gasteiger partial charge in [-0.15, -0.1) is 0 Å². The zero-order valence-electron chi connectivity index (χ0n) is 10.6. The van der Waals surface area contributed by atoms with E-state index in [4.69, 9.17) is 16.7 Å². The van der Waals surface area contributed by atoms with Crippen LogP contribution in [0.3, 0.4) is 0 Å². The van der Waals surface area contributed by atoms with Gasteiger partial charge in [-0.05, 0) is 25.0 Å². The maximum Gasteiger partial charge on any atom is 0.271 e. The van der Waals surface area contributed by atoms with Gasteiger partial charge >= 0.3 is 0 Å². The molecule has 2 rings (SSSR count). The zero-order chi connectivity index (χ0) is 13.8. The molecule has 2 aromatic rings.